The Hall–Kier alpha value is -3.45. The fourth-order valence-electron chi connectivity index (χ4n) is 3.33. The first-order valence-electron chi connectivity index (χ1n) is 9.54. The van der Waals surface area contributed by atoms with Crippen molar-refractivity contribution in [3.8, 4) is 0 Å². The van der Waals surface area contributed by atoms with Crippen molar-refractivity contribution in [3.63, 3.8) is 0 Å². The van der Waals surface area contributed by atoms with Crippen molar-refractivity contribution in [3.05, 3.63) is 102 Å². The summed E-state index contributed by atoms with van der Waals surface area (Å²) in [5.74, 6) is -1.99. The van der Waals surface area contributed by atoms with Crippen molar-refractivity contribution >= 4 is 41.0 Å². The molecule has 0 bridgehead atoms. The molecule has 1 heterocycles. The molecule has 4 rings (SSSR count). The van der Waals surface area contributed by atoms with Crippen LogP contribution in [-0.4, -0.2) is 17.6 Å². The Balaban J connectivity index is 1.60. The molecule has 0 radical (unpaired) electrons. The van der Waals surface area contributed by atoms with Gasteiger partial charge in [-0.15, -0.1) is 11.8 Å². The van der Waals surface area contributed by atoms with Gasteiger partial charge in [0, 0.05) is 23.4 Å². The molecule has 0 spiro atoms. The minimum atomic E-state index is -0.812. The molecule has 1 aliphatic heterocycles. The molecule has 3 aromatic carbocycles. The van der Waals surface area contributed by atoms with Crippen LogP contribution in [0.4, 0.5) is 20.2 Å². The number of halogens is 2. The first kappa shape index (κ1) is 20.8. The number of thioether (sulfide) groups is 1. The van der Waals surface area contributed by atoms with E-state index in [1.807, 2.05) is 30.3 Å². The van der Waals surface area contributed by atoms with Gasteiger partial charge in [-0.05, 0) is 29.8 Å². The Morgan fingerprint density at radius 1 is 1.03 bits per heavy atom. The smallest absolute Gasteiger partial charge is 0.248 e. The summed E-state index contributed by atoms with van der Waals surface area (Å²) in [5, 5.41) is 2.28. The van der Waals surface area contributed by atoms with Gasteiger partial charge < -0.3 is 5.32 Å². The molecule has 1 N–H and O–H groups in total. The third-order valence-electron chi connectivity index (χ3n) is 4.75. The largest absolute Gasteiger partial charge is 0.322 e. The first-order valence-corrected chi connectivity index (χ1v) is 10.6. The fraction of sp³-hybridized carbons (Fsp3) is 0.0833. The molecule has 156 valence electrons. The molecule has 3 aromatic rings. The molecule has 1 aliphatic rings. The molecule has 31 heavy (non-hydrogen) atoms. The van der Waals surface area contributed by atoms with Crippen molar-refractivity contribution in [2.24, 2.45) is 0 Å². The van der Waals surface area contributed by atoms with E-state index >= 15 is 0 Å². The minimum Gasteiger partial charge on any atom is -0.322 e. The quantitative estimate of drug-likeness (QED) is 0.545. The van der Waals surface area contributed by atoms with Crippen LogP contribution >= 0.6 is 11.8 Å². The monoisotopic (exact) mass is 436 g/mol. The SMILES string of the molecule is O=C(/C=C/c1ccccc1)Nc1ccccc1C1SCC(=O)N1c1ccc(F)cc1F. The third-order valence-corrected chi connectivity index (χ3v) is 5.94. The van der Waals surface area contributed by atoms with Crippen LogP contribution in [0.3, 0.4) is 0 Å². The van der Waals surface area contributed by atoms with Gasteiger partial charge in [0.25, 0.3) is 0 Å². The molecule has 1 atom stereocenters. The number of carbonyl (C=O) groups is 2. The highest BCUT2D eigenvalue weighted by Gasteiger charge is 2.36. The lowest BCUT2D eigenvalue weighted by Gasteiger charge is -2.26. The second kappa shape index (κ2) is 9.14. The standard InChI is InChI=1S/C24H18F2N2O2S/c25-17-11-12-21(19(26)14-17)28-23(30)15-31-24(28)18-8-4-5-9-20(18)27-22(29)13-10-16-6-2-1-3-7-16/h1-14,24H,15H2,(H,27,29)/b13-10+. The van der Waals surface area contributed by atoms with Crippen molar-refractivity contribution in [2.75, 3.05) is 16.0 Å². The van der Waals surface area contributed by atoms with Crippen LogP contribution in [0.15, 0.2) is 78.9 Å². The van der Waals surface area contributed by atoms with Crippen LogP contribution in [0, 0.1) is 11.6 Å². The van der Waals surface area contributed by atoms with Crippen LogP contribution in [0.1, 0.15) is 16.5 Å². The van der Waals surface area contributed by atoms with E-state index < -0.39 is 17.0 Å². The third kappa shape index (κ3) is 4.67. The Morgan fingerprint density at radius 3 is 2.55 bits per heavy atom. The summed E-state index contributed by atoms with van der Waals surface area (Å²) in [5.41, 5.74) is 2.07. The molecule has 1 fully saturated rings. The number of hydrogen-bond donors (Lipinski definition) is 1. The summed E-state index contributed by atoms with van der Waals surface area (Å²) in [6.45, 7) is 0. The number of rotatable bonds is 5. The zero-order valence-corrected chi connectivity index (χ0v) is 17.1. The second-order valence-corrected chi connectivity index (χ2v) is 7.91. The highest BCUT2D eigenvalue weighted by molar-refractivity contribution is 8.00. The van der Waals surface area contributed by atoms with Gasteiger partial charge in [0.15, 0.2) is 0 Å². The van der Waals surface area contributed by atoms with Crippen molar-refractivity contribution in [1.29, 1.82) is 0 Å². The maximum Gasteiger partial charge on any atom is 0.248 e. The van der Waals surface area contributed by atoms with Crippen molar-refractivity contribution in [1.82, 2.24) is 0 Å². The number of amides is 2. The van der Waals surface area contributed by atoms with E-state index in [1.165, 1.54) is 28.8 Å². The maximum atomic E-state index is 14.4. The van der Waals surface area contributed by atoms with Gasteiger partial charge in [0.05, 0.1) is 11.4 Å². The molecule has 4 nitrogen and oxygen atoms in total. The summed E-state index contributed by atoms with van der Waals surface area (Å²) in [4.78, 5) is 26.3. The second-order valence-electron chi connectivity index (χ2n) is 6.84. The minimum absolute atomic E-state index is 0.00602. The number of carbonyl (C=O) groups excluding carboxylic acids is 2. The van der Waals surface area contributed by atoms with Crippen molar-refractivity contribution in [2.45, 2.75) is 5.37 Å². The molecule has 7 heteroatoms. The molecule has 1 unspecified atom stereocenters. The Labute approximate surface area is 182 Å². The molecular formula is C24H18F2N2O2S. The zero-order valence-electron chi connectivity index (χ0n) is 16.3. The van der Waals surface area contributed by atoms with Gasteiger partial charge in [0.1, 0.15) is 17.0 Å². The van der Waals surface area contributed by atoms with Gasteiger partial charge in [-0.25, -0.2) is 8.78 Å². The fourth-order valence-corrected chi connectivity index (χ4v) is 4.53. The van der Waals surface area contributed by atoms with Gasteiger partial charge in [-0.1, -0.05) is 48.5 Å². The topological polar surface area (TPSA) is 49.4 Å². The molecule has 1 saturated heterocycles. The van der Waals surface area contributed by atoms with Crippen LogP contribution < -0.4 is 10.2 Å². The predicted molar refractivity (Wildman–Crippen MR) is 120 cm³/mol. The summed E-state index contributed by atoms with van der Waals surface area (Å²) in [6, 6.07) is 19.6. The van der Waals surface area contributed by atoms with E-state index in [0.29, 0.717) is 11.3 Å². The van der Waals surface area contributed by atoms with Crippen LogP contribution in [-0.2, 0) is 9.59 Å². The highest BCUT2D eigenvalue weighted by Crippen LogP contribution is 2.44. The molecule has 2 amide bonds. The van der Waals surface area contributed by atoms with Crippen LogP contribution in [0.25, 0.3) is 6.08 Å². The van der Waals surface area contributed by atoms with Gasteiger partial charge in [-0.3, -0.25) is 14.5 Å². The lowest BCUT2D eigenvalue weighted by molar-refractivity contribution is -0.116. The van der Waals surface area contributed by atoms with Crippen LogP contribution in [0.5, 0.6) is 0 Å². The van der Waals surface area contributed by atoms with E-state index in [4.69, 9.17) is 0 Å². The highest BCUT2D eigenvalue weighted by atomic mass is 32.2. The van der Waals surface area contributed by atoms with Gasteiger partial charge in [0.2, 0.25) is 11.8 Å². The average molecular weight is 436 g/mol. The summed E-state index contributed by atoms with van der Waals surface area (Å²) < 4.78 is 27.8. The number of anilines is 2. The molecule has 0 aliphatic carbocycles. The number of hydrogen-bond acceptors (Lipinski definition) is 3. The summed E-state index contributed by atoms with van der Waals surface area (Å²) >= 11 is 1.32. The average Bonchev–Trinajstić information content (AvgIpc) is 3.14. The Kier molecular flexibility index (Phi) is 6.13. The number of para-hydroxylation sites is 1. The zero-order chi connectivity index (χ0) is 21.8. The summed E-state index contributed by atoms with van der Waals surface area (Å²) in [6.07, 6.45) is 3.13. The lowest BCUT2D eigenvalue weighted by Crippen LogP contribution is -2.29. The molecular weight excluding hydrogens is 418 g/mol. The van der Waals surface area contributed by atoms with E-state index in [2.05, 4.69) is 5.32 Å². The van der Waals surface area contributed by atoms with E-state index in [-0.39, 0.29) is 23.3 Å². The van der Waals surface area contributed by atoms with E-state index in [0.717, 1.165) is 17.7 Å². The molecule has 0 saturated carbocycles. The summed E-state index contributed by atoms with van der Waals surface area (Å²) in [7, 11) is 0. The number of nitrogens with one attached hydrogen (secondary N) is 1. The lowest BCUT2D eigenvalue weighted by atomic mass is 10.1. The van der Waals surface area contributed by atoms with Crippen LogP contribution in [0.2, 0.25) is 0 Å². The Morgan fingerprint density at radius 2 is 1.77 bits per heavy atom. The normalized spacial score (nSPS) is 16.1. The number of benzene rings is 3. The molecule has 0 aromatic heterocycles. The van der Waals surface area contributed by atoms with Gasteiger partial charge >= 0.3 is 0 Å². The first-order chi connectivity index (χ1) is 15.0. The van der Waals surface area contributed by atoms with Gasteiger partial charge in [-0.2, -0.15) is 0 Å². The maximum absolute atomic E-state index is 14.4. The predicted octanol–water partition coefficient (Wildman–Crippen LogP) is 5.40. The van der Waals surface area contributed by atoms with E-state index in [1.54, 1.807) is 30.3 Å². The van der Waals surface area contributed by atoms with E-state index in [9.17, 15) is 18.4 Å². The van der Waals surface area contributed by atoms with Crippen molar-refractivity contribution < 1.29 is 18.4 Å². The Bertz CT molecular complexity index is 1150. The number of nitrogens with zero attached hydrogens (tertiary/aromatic N) is 1.